The smallest absolute Gasteiger partial charge is 0.229 e. The molecular formula is C33H41ClN10O3S. The maximum atomic E-state index is 12.2. The third kappa shape index (κ3) is 6.53. The molecule has 2 aromatic carbocycles. The van der Waals surface area contributed by atoms with E-state index in [0.29, 0.717) is 40.5 Å². The van der Waals surface area contributed by atoms with Crippen LogP contribution in [0.1, 0.15) is 31.7 Å². The van der Waals surface area contributed by atoms with Gasteiger partial charge < -0.3 is 25.2 Å². The fraction of sp³-hybridized carbons (Fsp3) is 0.455. The SMILES string of the molecule is CCc1cc(Nc2ncc(Cl)c(Nc3ccc4nccnc4c3NS(C)(=O)=O)n2)c(OC)cc1N1CCC(N2C[C@H]3C[C@@H]2CN3C)CC1. The summed E-state index contributed by atoms with van der Waals surface area (Å²) in [4.78, 5) is 25.5. The van der Waals surface area contributed by atoms with Crippen LogP contribution in [0.15, 0.2) is 42.9 Å². The molecule has 0 saturated carbocycles. The normalized spacial score (nSPS) is 20.4. The average molecular weight is 693 g/mol. The predicted octanol–water partition coefficient (Wildman–Crippen LogP) is 4.86. The van der Waals surface area contributed by atoms with Gasteiger partial charge in [-0.25, -0.2) is 13.4 Å². The molecule has 2 aromatic heterocycles. The van der Waals surface area contributed by atoms with Gasteiger partial charge in [0.25, 0.3) is 0 Å². The van der Waals surface area contributed by atoms with E-state index in [1.54, 1.807) is 25.4 Å². The highest BCUT2D eigenvalue weighted by Gasteiger charge is 2.44. The zero-order valence-corrected chi connectivity index (χ0v) is 29.1. The van der Waals surface area contributed by atoms with Crippen molar-refractivity contribution in [3.05, 3.63) is 53.4 Å². The van der Waals surface area contributed by atoms with Crippen LogP contribution in [0.4, 0.5) is 34.5 Å². The van der Waals surface area contributed by atoms with E-state index >= 15 is 0 Å². The number of piperidine rings is 1. The lowest BCUT2D eigenvalue weighted by atomic mass is 9.99. The van der Waals surface area contributed by atoms with Gasteiger partial charge in [-0.2, -0.15) is 4.98 Å². The zero-order valence-electron chi connectivity index (χ0n) is 27.6. The lowest BCUT2D eigenvalue weighted by molar-refractivity contribution is 0.0929. The first-order valence-electron chi connectivity index (χ1n) is 16.3. The number of halogens is 1. The third-order valence-electron chi connectivity index (χ3n) is 9.78. The van der Waals surface area contributed by atoms with Crippen LogP contribution in [0.25, 0.3) is 11.0 Å². The Morgan fingerprint density at radius 3 is 2.48 bits per heavy atom. The molecule has 15 heteroatoms. The van der Waals surface area contributed by atoms with Gasteiger partial charge in [0.05, 0.1) is 42.1 Å². The summed E-state index contributed by atoms with van der Waals surface area (Å²) >= 11 is 6.53. The van der Waals surface area contributed by atoms with Crippen molar-refractivity contribution in [2.45, 2.75) is 50.7 Å². The molecule has 3 aliphatic heterocycles. The van der Waals surface area contributed by atoms with E-state index < -0.39 is 10.0 Å². The van der Waals surface area contributed by atoms with Gasteiger partial charge in [0, 0.05) is 68.5 Å². The van der Waals surface area contributed by atoms with Crippen molar-refractivity contribution in [1.82, 2.24) is 29.7 Å². The second kappa shape index (κ2) is 13.1. The maximum absolute atomic E-state index is 12.2. The Morgan fingerprint density at radius 1 is 1.00 bits per heavy atom. The van der Waals surface area contributed by atoms with Gasteiger partial charge in [-0.1, -0.05) is 18.5 Å². The van der Waals surface area contributed by atoms with Crippen LogP contribution >= 0.6 is 11.6 Å². The second-order valence-corrected chi connectivity index (χ2v) is 15.0. The van der Waals surface area contributed by atoms with Crippen LogP contribution in [0.3, 0.4) is 0 Å². The predicted molar refractivity (Wildman–Crippen MR) is 191 cm³/mol. The Kier molecular flexibility index (Phi) is 8.92. The standard InChI is InChI=1S/C33H41ClN10O3S/c1-5-20-14-27(29(47-3)16-28(20)43-12-8-21(9-13-43)44-19-22-15-23(44)18-42(22)2)39-33-37-17-24(34)32(40-33)38-26-7-6-25-30(36-11-10-35-25)31(26)41-48(4,45)46/h6-7,10-11,14,16-17,21-23,41H,5,8-9,12-13,15,18-19H2,1-4H3,(H2,37,38,39,40)/t22-,23-/m1/s1. The number of aryl methyl sites for hydroxylation is 1. The van der Waals surface area contributed by atoms with Crippen LogP contribution in [0.5, 0.6) is 5.75 Å². The van der Waals surface area contributed by atoms with Crippen molar-refractivity contribution >= 4 is 67.2 Å². The van der Waals surface area contributed by atoms with E-state index in [9.17, 15) is 8.42 Å². The maximum Gasteiger partial charge on any atom is 0.229 e. The van der Waals surface area contributed by atoms with E-state index in [0.717, 1.165) is 50.3 Å². The fourth-order valence-electron chi connectivity index (χ4n) is 7.43. The summed E-state index contributed by atoms with van der Waals surface area (Å²) < 4.78 is 32.9. The number of benzene rings is 2. The highest BCUT2D eigenvalue weighted by atomic mass is 35.5. The summed E-state index contributed by atoms with van der Waals surface area (Å²) in [6.45, 7) is 6.61. The van der Waals surface area contributed by atoms with E-state index in [-0.39, 0.29) is 16.5 Å². The molecule has 3 fully saturated rings. The number of fused-ring (bicyclic) bond motifs is 3. The molecular weight excluding hydrogens is 652 g/mol. The Morgan fingerprint density at radius 2 is 1.79 bits per heavy atom. The number of hydrogen-bond acceptors (Lipinski definition) is 12. The first-order valence-corrected chi connectivity index (χ1v) is 18.6. The number of anilines is 6. The molecule has 3 saturated heterocycles. The highest BCUT2D eigenvalue weighted by Crippen LogP contribution is 2.39. The van der Waals surface area contributed by atoms with Crippen LogP contribution < -0.4 is 25.0 Å². The number of nitrogens with zero attached hydrogens (tertiary/aromatic N) is 7. The van der Waals surface area contributed by atoms with Crippen LogP contribution in [-0.2, 0) is 16.4 Å². The molecule has 254 valence electrons. The molecule has 4 aromatic rings. The van der Waals surface area contributed by atoms with Crippen molar-refractivity contribution in [2.75, 3.05) is 66.8 Å². The van der Waals surface area contributed by atoms with Crippen molar-refractivity contribution < 1.29 is 13.2 Å². The molecule has 48 heavy (non-hydrogen) atoms. The number of likely N-dealkylation sites (N-methyl/N-ethyl adjacent to an activating group) is 1. The number of ether oxygens (including phenoxy) is 1. The van der Waals surface area contributed by atoms with Crippen molar-refractivity contribution in [2.24, 2.45) is 0 Å². The molecule has 0 radical (unpaired) electrons. The number of aromatic nitrogens is 4. The molecule has 0 unspecified atom stereocenters. The van der Waals surface area contributed by atoms with Crippen molar-refractivity contribution in [1.29, 1.82) is 0 Å². The van der Waals surface area contributed by atoms with Gasteiger partial charge >= 0.3 is 0 Å². The molecule has 0 amide bonds. The molecule has 13 nitrogen and oxygen atoms in total. The number of nitrogens with one attached hydrogen (secondary N) is 3. The molecule has 2 atom stereocenters. The summed E-state index contributed by atoms with van der Waals surface area (Å²) in [6.07, 6.45) is 10.1. The summed E-state index contributed by atoms with van der Waals surface area (Å²) in [5.74, 6) is 1.26. The molecule has 7 rings (SSSR count). The van der Waals surface area contributed by atoms with Crippen LogP contribution in [0.2, 0.25) is 5.02 Å². The zero-order chi connectivity index (χ0) is 33.6. The monoisotopic (exact) mass is 692 g/mol. The topological polar surface area (TPSA) is 141 Å². The van der Waals surface area contributed by atoms with E-state index in [2.05, 4.69) is 76.1 Å². The second-order valence-electron chi connectivity index (χ2n) is 12.9. The Labute approximate surface area is 286 Å². The van der Waals surface area contributed by atoms with Crippen LogP contribution in [0, 0.1) is 0 Å². The minimum absolute atomic E-state index is 0.237. The van der Waals surface area contributed by atoms with Gasteiger partial charge in [0.2, 0.25) is 16.0 Å². The Balaban J connectivity index is 1.10. The first kappa shape index (κ1) is 32.6. The summed E-state index contributed by atoms with van der Waals surface area (Å²) in [7, 11) is 0.288. The van der Waals surface area contributed by atoms with Crippen LogP contribution in [-0.4, -0.2) is 103 Å². The van der Waals surface area contributed by atoms with Crippen molar-refractivity contribution in [3.63, 3.8) is 0 Å². The van der Waals surface area contributed by atoms with Crippen molar-refractivity contribution in [3.8, 4) is 5.75 Å². The molecule has 0 spiro atoms. The largest absolute Gasteiger partial charge is 0.494 e. The van der Waals surface area contributed by atoms with Gasteiger partial charge in [0.1, 0.15) is 16.3 Å². The van der Waals surface area contributed by atoms with Gasteiger partial charge in [-0.05, 0) is 56.5 Å². The molecule has 3 aliphatic rings. The van der Waals surface area contributed by atoms with Gasteiger partial charge in [-0.15, -0.1) is 0 Å². The number of rotatable bonds is 10. The number of likely N-dealkylation sites (tertiary alicyclic amines) is 2. The summed E-state index contributed by atoms with van der Waals surface area (Å²) in [6, 6.07) is 9.75. The Bertz CT molecular complexity index is 1940. The molecule has 5 heterocycles. The Hall–Kier alpha value is -3.98. The quantitative estimate of drug-likeness (QED) is 0.209. The molecule has 3 N–H and O–H groups in total. The number of methoxy groups -OCH3 is 1. The molecule has 0 aliphatic carbocycles. The molecule has 2 bridgehead atoms. The van der Waals surface area contributed by atoms with E-state index in [4.69, 9.17) is 16.3 Å². The van der Waals surface area contributed by atoms with Gasteiger partial charge in [-0.3, -0.25) is 19.6 Å². The summed E-state index contributed by atoms with van der Waals surface area (Å²) in [5, 5.41) is 6.73. The lowest BCUT2D eigenvalue weighted by Crippen LogP contribution is -2.52. The highest BCUT2D eigenvalue weighted by molar-refractivity contribution is 7.92. The number of piperazine rings is 1. The van der Waals surface area contributed by atoms with E-state index in [1.165, 1.54) is 43.2 Å². The first-order chi connectivity index (χ1) is 23.1. The summed E-state index contributed by atoms with van der Waals surface area (Å²) in [5.41, 5.74) is 4.70. The lowest BCUT2D eigenvalue weighted by Gasteiger charge is -2.43. The van der Waals surface area contributed by atoms with E-state index in [1.807, 2.05) is 0 Å². The van der Waals surface area contributed by atoms with Gasteiger partial charge in [0.15, 0.2) is 5.82 Å². The fourth-order valence-corrected chi connectivity index (χ4v) is 8.15. The minimum Gasteiger partial charge on any atom is -0.494 e. The average Bonchev–Trinajstić information content (AvgIpc) is 3.66. The number of sulfonamides is 1. The number of hydrogen-bond donors (Lipinski definition) is 3. The third-order valence-corrected chi connectivity index (χ3v) is 10.6. The minimum atomic E-state index is -3.64.